The third-order valence-corrected chi connectivity index (χ3v) is 5.51. The van der Waals surface area contributed by atoms with Crippen LogP contribution in [0, 0.1) is 17.8 Å². The van der Waals surface area contributed by atoms with Gasteiger partial charge >= 0.3 is 0 Å². The Bertz CT molecular complexity index is 545. The first-order chi connectivity index (χ1) is 10.8. The summed E-state index contributed by atoms with van der Waals surface area (Å²) >= 11 is 0. The Balaban J connectivity index is 1.24. The number of nitrogens with zero attached hydrogens (tertiary/aromatic N) is 4. The molecule has 3 atom stereocenters. The summed E-state index contributed by atoms with van der Waals surface area (Å²) < 4.78 is 1.84. The lowest BCUT2D eigenvalue weighted by atomic mass is 9.93. The Kier molecular flexibility index (Phi) is 3.74. The van der Waals surface area contributed by atoms with E-state index in [4.69, 9.17) is 0 Å². The molecule has 2 fully saturated rings. The zero-order valence-corrected chi connectivity index (χ0v) is 13.0. The molecule has 0 unspecified atom stereocenters. The van der Waals surface area contributed by atoms with Gasteiger partial charge < -0.3 is 9.47 Å². The SMILES string of the molecule is O=C(Cn1ccnc1)N1CCN(C[C@H]2C[C@@H]3C=C[C@H]2C3)CC1. The highest BCUT2D eigenvalue weighted by Gasteiger charge is 2.36. The molecule has 22 heavy (non-hydrogen) atoms. The number of piperazine rings is 1. The molecule has 1 aliphatic heterocycles. The summed E-state index contributed by atoms with van der Waals surface area (Å²) in [7, 11) is 0. The molecule has 1 saturated heterocycles. The first kappa shape index (κ1) is 14.0. The van der Waals surface area contributed by atoms with Crippen LogP contribution in [0.4, 0.5) is 0 Å². The number of fused-ring (bicyclic) bond motifs is 2. The molecular weight excluding hydrogens is 276 g/mol. The molecule has 1 amide bonds. The third kappa shape index (κ3) is 2.82. The van der Waals surface area contributed by atoms with E-state index in [2.05, 4.69) is 22.0 Å². The molecule has 0 spiro atoms. The van der Waals surface area contributed by atoms with Gasteiger partial charge in [0.25, 0.3) is 0 Å². The summed E-state index contributed by atoms with van der Waals surface area (Å²) in [6.07, 6.45) is 12.9. The minimum absolute atomic E-state index is 0.209. The second kappa shape index (κ2) is 5.88. The van der Waals surface area contributed by atoms with Gasteiger partial charge in [0.2, 0.25) is 5.91 Å². The van der Waals surface area contributed by atoms with Gasteiger partial charge in [-0.15, -0.1) is 0 Å². The zero-order chi connectivity index (χ0) is 14.9. The Morgan fingerprint density at radius 2 is 2.00 bits per heavy atom. The normalized spacial score (nSPS) is 31.1. The van der Waals surface area contributed by atoms with E-state index in [1.807, 2.05) is 15.7 Å². The molecule has 1 aromatic heterocycles. The maximum absolute atomic E-state index is 12.3. The summed E-state index contributed by atoms with van der Waals surface area (Å²) in [6.45, 7) is 5.40. The van der Waals surface area contributed by atoms with Crippen LogP contribution in [0.25, 0.3) is 0 Å². The Hall–Kier alpha value is -1.62. The Labute approximate surface area is 131 Å². The number of allylic oxidation sites excluding steroid dienone is 2. The van der Waals surface area contributed by atoms with Crippen LogP contribution in [-0.4, -0.2) is 58.0 Å². The highest BCUT2D eigenvalue weighted by atomic mass is 16.2. The van der Waals surface area contributed by atoms with Crippen LogP contribution in [0.3, 0.4) is 0 Å². The van der Waals surface area contributed by atoms with Crippen molar-refractivity contribution in [2.45, 2.75) is 19.4 Å². The van der Waals surface area contributed by atoms with E-state index in [0.717, 1.165) is 43.9 Å². The van der Waals surface area contributed by atoms with Gasteiger partial charge in [0.05, 0.1) is 6.33 Å². The van der Waals surface area contributed by atoms with Gasteiger partial charge in [-0.2, -0.15) is 0 Å². The summed E-state index contributed by atoms with van der Waals surface area (Å²) in [4.78, 5) is 20.8. The van der Waals surface area contributed by atoms with E-state index in [9.17, 15) is 4.79 Å². The first-order valence-corrected chi connectivity index (χ1v) is 8.42. The predicted octanol–water partition coefficient (Wildman–Crippen LogP) is 1.24. The van der Waals surface area contributed by atoms with Crippen LogP contribution in [0.2, 0.25) is 0 Å². The van der Waals surface area contributed by atoms with Crippen LogP contribution >= 0.6 is 0 Å². The third-order valence-electron chi connectivity index (χ3n) is 5.51. The van der Waals surface area contributed by atoms with Crippen molar-refractivity contribution in [3.05, 3.63) is 30.9 Å². The molecule has 2 heterocycles. The quantitative estimate of drug-likeness (QED) is 0.786. The van der Waals surface area contributed by atoms with Crippen molar-refractivity contribution in [1.29, 1.82) is 0 Å². The standard InChI is InChI=1S/C17H24N4O/c22-17(12-20-4-3-18-13-20)21-7-5-19(6-8-21)11-16-10-14-1-2-15(16)9-14/h1-4,13-16H,5-12H2/t14-,15+,16-/m1/s1. The summed E-state index contributed by atoms with van der Waals surface area (Å²) in [5, 5.41) is 0. The van der Waals surface area contributed by atoms with Crippen LogP contribution in [0.15, 0.2) is 30.9 Å². The largest absolute Gasteiger partial charge is 0.339 e. The number of hydrogen-bond acceptors (Lipinski definition) is 3. The number of aromatic nitrogens is 2. The molecule has 5 heteroatoms. The van der Waals surface area contributed by atoms with E-state index in [1.54, 1.807) is 12.5 Å². The zero-order valence-electron chi connectivity index (χ0n) is 13.0. The molecule has 0 aromatic carbocycles. The van der Waals surface area contributed by atoms with Crippen molar-refractivity contribution in [2.24, 2.45) is 17.8 Å². The molecule has 3 aliphatic rings. The van der Waals surface area contributed by atoms with E-state index in [0.29, 0.717) is 6.54 Å². The maximum atomic E-state index is 12.3. The smallest absolute Gasteiger partial charge is 0.242 e. The molecule has 4 rings (SSSR count). The van der Waals surface area contributed by atoms with Crippen LogP contribution in [0.1, 0.15) is 12.8 Å². The van der Waals surface area contributed by atoms with E-state index in [1.165, 1.54) is 19.4 Å². The first-order valence-electron chi connectivity index (χ1n) is 8.42. The van der Waals surface area contributed by atoms with Crippen molar-refractivity contribution >= 4 is 5.91 Å². The molecule has 5 nitrogen and oxygen atoms in total. The molecular formula is C17H24N4O. The average molecular weight is 300 g/mol. The highest BCUT2D eigenvalue weighted by Crippen LogP contribution is 2.43. The summed E-state index contributed by atoms with van der Waals surface area (Å²) in [6, 6.07) is 0. The van der Waals surface area contributed by atoms with Gasteiger partial charge in [0.1, 0.15) is 6.54 Å². The number of rotatable bonds is 4. The predicted molar refractivity (Wildman–Crippen MR) is 84.1 cm³/mol. The minimum atomic E-state index is 0.209. The van der Waals surface area contributed by atoms with Crippen molar-refractivity contribution in [1.82, 2.24) is 19.4 Å². The Morgan fingerprint density at radius 3 is 2.64 bits per heavy atom. The van der Waals surface area contributed by atoms with Gasteiger partial charge in [-0.1, -0.05) is 12.2 Å². The van der Waals surface area contributed by atoms with Gasteiger partial charge in [0, 0.05) is 45.1 Å². The topological polar surface area (TPSA) is 41.4 Å². The van der Waals surface area contributed by atoms with E-state index >= 15 is 0 Å². The molecule has 0 N–H and O–H groups in total. The minimum Gasteiger partial charge on any atom is -0.339 e. The fourth-order valence-electron chi connectivity index (χ4n) is 4.25. The molecule has 1 aromatic rings. The molecule has 2 aliphatic carbocycles. The second-order valence-electron chi connectivity index (χ2n) is 6.96. The van der Waals surface area contributed by atoms with Crippen molar-refractivity contribution in [2.75, 3.05) is 32.7 Å². The number of carbonyl (C=O) groups is 1. The van der Waals surface area contributed by atoms with Crippen LogP contribution < -0.4 is 0 Å². The Morgan fingerprint density at radius 1 is 1.14 bits per heavy atom. The monoisotopic (exact) mass is 300 g/mol. The van der Waals surface area contributed by atoms with Gasteiger partial charge in [-0.3, -0.25) is 9.69 Å². The van der Waals surface area contributed by atoms with Gasteiger partial charge in [-0.25, -0.2) is 4.98 Å². The lowest BCUT2D eigenvalue weighted by Gasteiger charge is -2.37. The lowest BCUT2D eigenvalue weighted by molar-refractivity contribution is -0.133. The lowest BCUT2D eigenvalue weighted by Crippen LogP contribution is -2.50. The number of carbonyl (C=O) groups excluding carboxylic acids is 1. The second-order valence-corrected chi connectivity index (χ2v) is 6.96. The van der Waals surface area contributed by atoms with Crippen LogP contribution in [0.5, 0.6) is 0 Å². The van der Waals surface area contributed by atoms with Crippen molar-refractivity contribution in [3.63, 3.8) is 0 Å². The van der Waals surface area contributed by atoms with Gasteiger partial charge in [-0.05, 0) is 30.6 Å². The van der Waals surface area contributed by atoms with Gasteiger partial charge in [0.15, 0.2) is 0 Å². The molecule has 118 valence electrons. The average Bonchev–Trinajstić information content (AvgIpc) is 3.25. The van der Waals surface area contributed by atoms with Crippen molar-refractivity contribution < 1.29 is 4.79 Å². The van der Waals surface area contributed by atoms with Crippen LogP contribution in [-0.2, 0) is 11.3 Å². The fraction of sp³-hybridized carbons (Fsp3) is 0.647. The maximum Gasteiger partial charge on any atom is 0.242 e. The highest BCUT2D eigenvalue weighted by molar-refractivity contribution is 5.76. The molecule has 0 radical (unpaired) electrons. The van der Waals surface area contributed by atoms with E-state index < -0.39 is 0 Å². The number of amides is 1. The molecule has 2 bridgehead atoms. The van der Waals surface area contributed by atoms with Crippen molar-refractivity contribution in [3.8, 4) is 0 Å². The summed E-state index contributed by atoms with van der Waals surface area (Å²) in [5.74, 6) is 2.74. The summed E-state index contributed by atoms with van der Waals surface area (Å²) in [5.41, 5.74) is 0. The fourth-order valence-corrected chi connectivity index (χ4v) is 4.25. The van der Waals surface area contributed by atoms with E-state index in [-0.39, 0.29) is 5.91 Å². The molecule has 1 saturated carbocycles. The number of imidazole rings is 1. The number of hydrogen-bond donors (Lipinski definition) is 0.